The molecule has 0 aliphatic heterocycles. The lowest BCUT2D eigenvalue weighted by Crippen LogP contribution is -2.21. The first-order chi connectivity index (χ1) is 6.72. The molecule has 4 heteroatoms. The number of nitrogens with zero attached hydrogens (tertiary/aromatic N) is 1. The molecule has 1 aromatic rings. The highest BCUT2D eigenvalue weighted by Crippen LogP contribution is 2.22. The molecule has 0 amide bonds. The van der Waals surface area contributed by atoms with Crippen molar-refractivity contribution < 1.29 is 0 Å². The first-order valence-corrected chi connectivity index (χ1v) is 5.99. The molecule has 2 nitrogen and oxygen atoms in total. The minimum atomic E-state index is 0.878. The Bertz CT molecular complexity index is 262. The Labute approximate surface area is 94.9 Å². The van der Waals surface area contributed by atoms with Crippen LogP contribution in [0.5, 0.6) is 0 Å². The fourth-order valence-corrected chi connectivity index (χ4v) is 2.48. The molecule has 0 fully saturated rings. The van der Waals surface area contributed by atoms with E-state index in [1.165, 1.54) is 11.3 Å². The lowest BCUT2D eigenvalue weighted by molar-refractivity contribution is 0.324. The van der Waals surface area contributed by atoms with Crippen LogP contribution < -0.4 is 5.32 Å². The predicted molar refractivity (Wildman–Crippen MR) is 64.2 cm³/mol. The Morgan fingerprint density at radius 2 is 2.29 bits per heavy atom. The second kappa shape index (κ2) is 6.40. The topological polar surface area (TPSA) is 15.3 Å². The van der Waals surface area contributed by atoms with Gasteiger partial charge in [-0.2, -0.15) is 0 Å². The molecule has 0 atom stereocenters. The number of nitrogens with one attached hydrogen (secondary N) is 1. The maximum atomic E-state index is 5.86. The SMILES string of the molecule is CNCCCN(C)Cc1ccc(Cl)s1. The van der Waals surface area contributed by atoms with Crippen LogP contribution in [0.3, 0.4) is 0 Å². The molecule has 1 N–H and O–H groups in total. The molecule has 0 aliphatic carbocycles. The predicted octanol–water partition coefficient (Wildman–Crippen LogP) is 2.44. The Hall–Kier alpha value is -0.0900. The van der Waals surface area contributed by atoms with Gasteiger partial charge in [0.15, 0.2) is 0 Å². The Kier molecular flexibility index (Phi) is 5.48. The molecule has 0 aromatic carbocycles. The van der Waals surface area contributed by atoms with Gasteiger partial charge < -0.3 is 10.2 Å². The van der Waals surface area contributed by atoms with Crippen molar-refractivity contribution in [3.8, 4) is 0 Å². The third-order valence-electron chi connectivity index (χ3n) is 2.02. The van der Waals surface area contributed by atoms with Crippen LogP contribution in [0.1, 0.15) is 11.3 Å². The Balaban J connectivity index is 2.23. The Morgan fingerprint density at radius 3 is 2.86 bits per heavy atom. The van der Waals surface area contributed by atoms with Crippen molar-refractivity contribution in [3.05, 3.63) is 21.3 Å². The molecule has 0 bridgehead atoms. The van der Waals surface area contributed by atoms with E-state index in [4.69, 9.17) is 11.6 Å². The molecule has 0 unspecified atom stereocenters. The van der Waals surface area contributed by atoms with Crippen molar-refractivity contribution in [2.75, 3.05) is 27.2 Å². The van der Waals surface area contributed by atoms with E-state index in [0.29, 0.717) is 0 Å². The highest BCUT2D eigenvalue weighted by Gasteiger charge is 2.02. The zero-order valence-electron chi connectivity index (χ0n) is 8.72. The molecule has 0 saturated heterocycles. The minimum absolute atomic E-state index is 0.878. The average Bonchev–Trinajstić information content (AvgIpc) is 2.52. The standard InChI is InChI=1S/C10H17ClN2S/c1-12-6-3-7-13(2)8-9-4-5-10(11)14-9/h4-5,12H,3,6-8H2,1-2H3. The molecule has 1 rings (SSSR count). The zero-order valence-corrected chi connectivity index (χ0v) is 10.3. The second-order valence-corrected chi connectivity index (χ2v) is 5.20. The second-order valence-electron chi connectivity index (χ2n) is 3.40. The van der Waals surface area contributed by atoms with Gasteiger partial charge in [-0.15, -0.1) is 11.3 Å². The van der Waals surface area contributed by atoms with Crippen molar-refractivity contribution in [2.24, 2.45) is 0 Å². The maximum absolute atomic E-state index is 5.86. The molecule has 1 heterocycles. The fraction of sp³-hybridized carbons (Fsp3) is 0.600. The summed E-state index contributed by atoms with van der Waals surface area (Å²) < 4.78 is 0.878. The van der Waals surface area contributed by atoms with Gasteiger partial charge in [-0.1, -0.05) is 11.6 Å². The number of hydrogen-bond donors (Lipinski definition) is 1. The third kappa shape index (κ3) is 4.42. The number of hydrogen-bond acceptors (Lipinski definition) is 3. The van der Waals surface area contributed by atoms with Crippen LogP contribution in [0.4, 0.5) is 0 Å². The van der Waals surface area contributed by atoms with E-state index in [9.17, 15) is 0 Å². The summed E-state index contributed by atoms with van der Waals surface area (Å²) in [5, 5.41) is 3.15. The number of halogens is 1. The van der Waals surface area contributed by atoms with Gasteiger partial charge >= 0.3 is 0 Å². The summed E-state index contributed by atoms with van der Waals surface area (Å²) in [6.45, 7) is 3.20. The van der Waals surface area contributed by atoms with E-state index < -0.39 is 0 Å². The quantitative estimate of drug-likeness (QED) is 0.758. The molecule has 1 aromatic heterocycles. The summed E-state index contributed by atoms with van der Waals surface area (Å²) in [6, 6.07) is 4.06. The van der Waals surface area contributed by atoms with Crippen molar-refractivity contribution in [2.45, 2.75) is 13.0 Å². The van der Waals surface area contributed by atoms with Gasteiger partial charge in [-0.25, -0.2) is 0 Å². The Morgan fingerprint density at radius 1 is 1.50 bits per heavy atom. The molecule has 0 saturated carbocycles. The van der Waals surface area contributed by atoms with Crippen molar-refractivity contribution in [3.63, 3.8) is 0 Å². The van der Waals surface area contributed by atoms with Crippen molar-refractivity contribution >= 4 is 22.9 Å². The van der Waals surface area contributed by atoms with Gasteiger partial charge in [-0.3, -0.25) is 0 Å². The van der Waals surface area contributed by atoms with Gasteiger partial charge in [0, 0.05) is 11.4 Å². The number of thiophene rings is 1. The van der Waals surface area contributed by atoms with Crippen LogP contribution >= 0.6 is 22.9 Å². The summed E-state index contributed by atoms with van der Waals surface area (Å²) in [4.78, 5) is 3.65. The first kappa shape index (κ1) is 12.0. The van der Waals surface area contributed by atoms with E-state index in [1.54, 1.807) is 11.3 Å². The summed E-state index contributed by atoms with van der Waals surface area (Å²) in [5.41, 5.74) is 0. The van der Waals surface area contributed by atoms with Gasteiger partial charge in [0.2, 0.25) is 0 Å². The summed E-state index contributed by atoms with van der Waals surface area (Å²) >= 11 is 7.52. The summed E-state index contributed by atoms with van der Waals surface area (Å²) in [7, 11) is 4.13. The lowest BCUT2D eigenvalue weighted by Gasteiger charge is -2.14. The van der Waals surface area contributed by atoms with Crippen LogP contribution in [0.15, 0.2) is 12.1 Å². The van der Waals surface area contributed by atoms with Crippen LogP contribution in [-0.2, 0) is 6.54 Å². The maximum Gasteiger partial charge on any atom is 0.0931 e. The largest absolute Gasteiger partial charge is 0.320 e. The van der Waals surface area contributed by atoms with Crippen molar-refractivity contribution in [1.29, 1.82) is 0 Å². The van der Waals surface area contributed by atoms with E-state index >= 15 is 0 Å². The smallest absolute Gasteiger partial charge is 0.0931 e. The molecule has 0 aliphatic rings. The van der Waals surface area contributed by atoms with E-state index in [1.807, 2.05) is 13.1 Å². The van der Waals surface area contributed by atoms with Gasteiger partial charge in [0.05, 0.1) is 4.34 Å². The van der Waals surface area contributed by atoms with Crippen LogP contribution in [0.2, 0.25) is 4.34 Å². The normalized spacial score (nSPS) is 11.1. The molecular formula is C10H17ClN2S. The summed E-state index contributed by atoms with van der Waals surface area (Å²) in [6.07, 6.45) is 1.19. The van der Waals surface area contributed by atoms with Crippen LogP contribution in [0.25, 0.3) is 0 Å². The molecule has 0 spiro atoms. The summed E-state index contributed by atoms with van der Waals surface area (Å²) in [5.74, 6) is 0. The highest BCUT2D eigenvalue weighted by molar-refractivity contribution is 7.16. The monoisotopic (exact) mass is 232 g/mol. The zero-order chi connectivity index (χ0) is 10.4. The van der Waals surface area contributed by atoms with Gasteiger partial charge in [0.25, 0.3) is 0 Å². The fourth-order valence-electron chi connectivity index (χ4n) is 1.31. The van der Waals surface area contributed by atoms with Gasteiger partial charge in [-0.05, 0) is 45.7 Å². The number of rotatable bonds is 6. The molecule has 80 valence electrons. The lowest BCUT2D eigenvalue weighted by atomic mass is 10.3. The van der Waals surface area contributed by atoms with Crippen LogP contribution in [0, 0.1) is 0 Å². The minimum Gasteiger partial charge on any atom is -0.320 e. The third-order valence-corrected chi connectivity index (χ3v) is 3.24. The first-order valence-electron chi connectivity index (χ1n) is 4.79. The van der Waals surface area contributed by atoms with E-state index in [0.717, 1.165) is 24.0 Å². The molecular weight excluding hydrogens is 216 g/mol. The van der Waals surface area contributed by atoms with E-state index in [-0.39, 0.29) is 0 Å². The average molecular weight is 233 g/mol. The van der Waals surface area contributed by atoms with Gasteiger partial charge in [0.1, 0.15) is 0 Å². The van der Waals surface area contributed by atoms with Crippen molar-refractivity contribution in [1.82, 2.24) is 10.2 Å². The molecule has 14 heavy (non-hydrogen) atoms. The highest BCUT2D eigenvalue weighted by atomic mass is 35.5. The van der Waals surface area contributed by atoms with Crippen LogP contribution in [-0.4, -0.2) is 32.1 Å². The van der Waals surface area contributed by atoms with E-state index in [2.05, 4.69) is 23.3 Å². The molecule has 0 radical (unpaired) electrons.